The van der Waals surface area contributed by atoms with Crippen LogP contribution >= 0.6 is 23.5 Å². The number of hydrogen-bond donors (Lipinski definition) is 2. The second-order valence-electron chi connectivity index (χ2n) is 13.9. The molecule has 0 radical (unpaired) electrons. The molecular formula is C33H52N4O4S2. The molecule has 2 unspecified atom stereocenters. The molecule has 2 heterocycles. The van der Waals surface area contributed by atoms with Crippen LogP contribution in [0.4, 0.5) is 4.79 Å². The Morgan fingerprint density at radius 1 is 1.00 bits per heavy atom. The van der Waals surface area contributed by atoms with Crippen LogP contribution in [0.5, 0.6) is 0 Å². The average Bonchev–Trinajstić information content (AvgIpc) is 3.47. The van der Waals surface area contributed by atoms with Crippen LogP contribution in [0.1, 0.15) is 85.1 Å². The van der Waals surface area contributed by atoms with E-state index in [1.807, 2.05) is 26.8 Å². The van der Waals surface area contributed by atoms with Crippen LogP contribution in [-0.4, -0.2) is 86.7 Å². The van der Waals surface area contributed by atoms with E-state index in [0.29, 0.717) is 17.5 Å². The van der Waals surface area contributed by atoms with Gasteiger partial charge in [-0.1, -0.05) is 49.6 Å². The van der Waals surface area contributed by atoms with Gasteiger partial charge in [-0.15, -0.1) is 11.8 Å². The third-order valence-corrected chi connectivity index (χ3v) is 11.3. The fourth-order valence-electron chi connectivity index (χ4n) is 6.09. The van der Waals surface area contributed by atoms with E-state index in [2.05, 4.69) is 53.6 Å². The van der Waals surface area contributed by atoms with E-state index in [1.165, 1.54) is 54.3 Å². The quantitative estimate of drug-likeness (QED) is 0.344. The maximum Gasteiger partial charge on any atom is 0.411 e. The Labute approximate surface area is 267 Å². The van der Waals surface area contributed by atoms with E-state index in [9.17, 15) is 14.4 Å². The van der Waals surface area contributed by atoms with Crippen LogP contribution in [0, 0.1) is 5.92 Å². The van der Waals surface area contributed by atoms with Crippen LogP contribution in [-0.2, 0) is 20.9 Å². The molecule has 3 aliphatic rings. The largest absolute Gasteiger partial charge is 0.444 e. The summed E-state index contributed by atoms with van der Waals surface area (Å²) in [6, 6.07) is 9.16. The predicted molar refractivity (Wildman–Crippen MR) is 177 cm³/mol. The Bertz CT molecular complexity index is 1070. The lowest BCUT2D eigenvalue weighted by molar-refractivity contribution is -0.132. The Morgan fingerprint density at radius 3 is 2.33 bits per heavy atom. The van der Waals surface area contributed by atoms with E-state index in [0.717, 1.165) is 38.2 Å². The van der Waals surface area contributed by atoms with Gasteiger partial charge in [-0.2, -0.15) is 11.8 Å². The number of thioether (sulfide) groups is 2. The van der Waals surface area contributed by atoms with Crippen molar-refractivity contribution in [3.8, 4) is 0 Å². The second-order valence-corrected chi connectivity index (χ2v) is 16.5. The molecule has 240 valence electrons. The topological polar surface area (TPSA) is 91.0 Å². The minimum Gasteiger partial charge on any atom is -0.444 e. The number of amides is 3. The van der Waals surface area contributed by atoms with Crippen molar-refractivity contribution in [1.82, 2.24) is 20.4 Å². The lowest BCUT2D eigenvalue weighted by atomic mass is 9.91. The van der Waals surface area contributed by atoms with Crippen LogP contribution in [0.15, 0.2) is 30.3 Å². The number of hydrogen-bond acceptors (Lipinski definition) is 7. The number of carbonyl (C=O) groups is 3. The van der Waals surface area contributed by atoms with Crippen LogP contribution in [0.25, 0.3) is 0 Å². The van der Waals surface area contributed by atoms with Crippen molar-refractivity contribution in [2.24, 2.45) is 5.92 Å². The number of rotatable bonds is 10. The first kappa shape index (κ1) is 34.0. The molecule has 0 spiro atoms. The fourth-order valence-corrected chi connectivity index (χ4v) is 8.56. The fraction of sp³-hybridized carbons (Fsp3) is 0.727. The number of nitrogens with zero attached hydrogens (tertiary/aromatic N) is 2. The molecule has 1 saturated carbocycles. The highest BCUT2D eigenvalue weighted by molar-refractivity contribution is 8.00. The van der Waals surface area contributed by atoms with Gasteiger partial charge in [0.05, 0.1) is 5.88 Å². The first-order chi connectivity index (χ1) is 20.4. The smallest absolute Gasteiger partial charge is 0.411 e. The molecule has 3 amide bonds. The molecule has 2 atom stereocenters. The number of nitrogens with one attached hydrogen (secondary N) is 2. The molecule has 3 fully saturated rings. The van der Waals surface area contributed by atoms with Gasteiger partial charge in [-0.3, -0.25) is 19.4 Å². The van der Waals surface area contributed by atoms with Crippen molar-refractivity contribution >= 4 is 41.4 Å². The molecule has 2 N–H and O–H groups in total. The van der Waals surface area contributed by atoms with Crippen molar-refractivity contribution in [2.45, 2.75) is 115 Å². The Morgan fingerprint density at radius 2 is 1.67 bits per heavy atom. The SMILES string of the molecule is CC(C)(C)OC(=O)N1CSCC1C(=O)NC(C(=O)NC1CCN(Cc2ccccc2)CC1)C(C)(C)SCC1CCCCC1. The summed E-state index contributed by atoms with van der Waals surface area (Å²) in [5.74, 6) is 2.08. The first-order valence-electron chi connectivity index (χ1n) is 16.0. The van der Waals surface area contributed by atoms with Gasteiger partial charge in [0.15, 0.2) is 0 Å². The lowest BCUT2D eigenvalue weighted by Crippen LogP contribution is -2.61. The monoisotopic (exact) mass is 632 g/mol. The number of piperidine rings is 1. The molecule has 1 aliphatic carbocycles. The van der Waals surface area contributed by atoms with Gasteiger partial charge in [0.2, 0.25) is 11.8 Å². The summed E-state index contributed by atoms with van der Waals surface area (Å²) >= 11 is 3.32. The minimum atomic E-state index is -0.720. The standard InChI is InChI=1S/C33H52N4O4S2/c1-32(2,3)41-31(40)37-23-42-22-27(37)29(38)35-28(33(4,5)43-21-25-14-10-7-11-15-25)30(39)34-26-16-18-36(19-17-26)20-24-12-8-6-9-13-24/h6,8-9,12-13,25-28H,7,10-11,14-23H2,1-5H3,(H,34,39)(H,35,38). The summed E-state index contributed by atoms with van der Waals surface area (Å²) < 4.78 is 5.06. The van der Waals surface area contributed by atoms with Gasteiger partial charge >= 0.3 is 6.09 Å². The number of carbonyl (C=O) groups excluding carboxylic acids is 3. The minimum absolute atomic E-state index is 0.0679. The molecule has 4 rings (SSSR count). The van der Waals surface area contributed by atoms with Crippen molar-refractivity contribution < 1.29 is 19.1 Å². The van der Waals surface area contributed by atoms with Gasteiger partial charge < -0.3 is 15.4 Å². The molecule has 1 aromatic carbocycles. The zero-order chi connectivity index (χ0) is 31.0. The van der Waals surface area contributed by atoms with Gasteiger partial charge in [0, 0.05) is 36.2 Å². The van der Waals surface area contributed by atoms with Crippen LogP contribution in [0.2, 0.25) is 0 Å². The van der Waals surface area contributed by atoms with Gasteiger partial charge in [-0.25, -0.2) is 4.79 Å². The third kappa shape index (κ3) is 10.3. The molecule has 10 heteroatoms. The molecule has 0 bridgehead atoms. The number of ether oxygens (including phenoxy) is 1. The second kappa shape index (κ2) is 15.4. The van der Waals surface area contributed by atoms with Crippen molar-refractivity contribution in [3.63, 3.8) is 0 Å². The summed E-state index contributed by atoms with van der Waals surface area (Å²) in [6.07, 6.45) is 7.58. The predicted octanol–water partition coefficient (Wildman–Crippen LogP) is 5.65. The van der Waals surface area contributed by atoms with E-state index >= 15 is 0 Å². The zero-order valence-corrected chi connectivity index (χ0v) is 28.4. The molecule has 2 aliphatic heterocycles. The zero-order valence-electron chi connectivity index (χ0n) is 26.7. The Balaban J connectivity index is 1.40. The average molecular weight is 633 g/mol. The highest BCUT2D eigenvalue weighted by Crippen LogP contribution is 2.35. The van der Waals surface area contributed by atoms with Crippen molar-refractivity contribution in [3.05, 3.63) is 35.9 Å². The van der Waals surface area contributed by atoms with Crippen LogP contribution < -0.4 is 10.6 Å². The normalized spacial score (nSPS) is 21.8. The Hall–Kier alpha value is -1.91. The molecule has 2 saturated heterocycles. The molecular weight excluding hydrogens is 581 g/mol. The Kier molecular flexibility index (Phi) is 12.2. The third-order valence-electron chi connectivity index (χ3n) is 8.66. The molecule has 43 heavy (non-hydrogen) atoms. The summed E-state index contributed by atoms with van der Waals surface area (Å²) in [4.78, 5) is 44.5. The maximum absolute atomic E-state index is 14.0. The van der Waals surface area contributed by atoms with Gasteiger partial charge in [-0.05, 0) is 77.5 Å². The van der Waals surface area contributed by atoms with E-state index in [4.69, 9.17) is 4.74 Å². The summed E-state index contributed by atoms with van der Waals surface area (Å²) in [7, 11) is 0. The maximum atomic E-state index is 14.0. The molecule has 1 aromatic rings. The van der Waals surface area contributed by atoms with E-state index in [1.54, 1.807) is 11.8 Å². The lowest BCUT2D eigenvalue weighted by Gasteiger charge is -2.38. The molecule has 8 nitrogen and oxygen atoms in total. The van der Waals surface area contributed by atoms with Crippen molar-refractivity contribution in [1.29, 1.82) is 0 Å². The van der Waals surface area contributed by atoms with Crippen LogP contribution in [0.3, 0.4) is 0 Å². The van der Waals surface area contributed by atoms with Gasteiger partial charge in [0.25, 0.3) is 0 Å². The number of benzene rings is 1. The van der Waals surface area contributed by atoms with Gasteiger partial charge in [0.1, 0.15) is 17.7 Å². The summed E-state index contributed by atoms with van der Waals surface area (Å²) in [6.45, 7) is 12.4. The highest BCUT2D eigenvalue weighted by Gasteiger charge is 2.43. The summed E-state index contributed by atoms with van der Waals surface area (Å²) in [5, 5.41) is 6.42. The molecule has 0 aromatic heterocycles. The number of likely N-dealkylation sites (tertiary alicyclic amines) is 1. The van der Waals surface area contributed by atoms with E-state index < -0.39 is 28.5 Å². The first-order valence-corrected chi connectivity index (χ1v) is 18.1. The van der Waals surface area contributed by atoms with Crippen molar-refractivity contribution in [2.75, 3.05) is 30.5 Å². The summed E-state index contributed by atoms with van der Waals surface area (Å²) in [5.41, 5.74) is 0.650. The van der Waals surface area contributed by atoms with E-state index in [-0.39, 0.29) is 17.9 Å². The highest BCUT2D eigenvalue weighted by atomic mass is 32.2.